The highest BCUT2D eigenvalue weighted by Gasteiger charge is 2.22. The first-order chi connectivity index (χ1) is 9.19. The number of ether oxygens (including phenoxy) is 1. The van der Waals surface area contributed by atoms with Crippen LogP contribution in [0.1, 0.15) is 26.3 Å². The lowest BCUT2D eigenvalue weighted by Crippen LogP contribution is -2.42. The SMILES string of the molecule is CC(=O)OC(C)(C)CNC(=O)Cc1cc(N)ccc1F. The molecule has 1 aromatic rings. The molecule has 0 aliphatic rings. The summed E-state index contributed by atoms with van der Waals surface area (Å²) >= 11 is 0. The van der Waals surface area contributed by atoms with Crippen LogP contribution in [0.5, 0.6) is 0 Å². The van der Waals surface area contributed by atoms with Gasteiger partial charge in [0.15, 0.2) is 0 Å². The van der Waals surface area contributed by atoms with E-state index in [4.69, 9.17) is 10.5 Å². The Labute approximate surface area is 117 Å². The number of halogens is 1. The summed E-state index contributed by atoms with van der Waals surface area (Å²) in [6.45, 7) is 4.80. The number of esters is 1. The van der Waals surface area contributed by atoms with Gasteiger partial charge in [-0.05, 0) is 37.6 Å². The summed E-state index contributed by atoms with van der Waals surface area (Å²) in [5.41, 5.74) is 5.36. The van der Waals surface area contributed by atoms with E-state index in [9.17, 15) is 14.0 Å². The number of amides is 1. The molecule has 0 bridgehead atoms. The molecule has 1 rings (SSSR count). The van der Waals surface area contributed by atoms with Gasteiger partial charge in [-0.3, -0.25) is 9.59 Å². The number of rotatable bonds is 5. The highest BCUT2D eigenvalue weighted by Crippen LogP contribution is 2.13. The number of hydrogen-bond acceptors (Lipinski definition) is 4. The monoisotopic (exact) mass is 282 g/mol. The van der Waals surface area contributed by atoms with Crippen molar-refractivity contribution in [1.82, 2.24) is 5.32 Å². The van der Waals surface area contributed by atoms with Crippen molar-refractivity contribution in [1.29, 1.82) is 0 Å². The minimum Gasteiger partial charge on any atom is -0.458 e. The summed E-state index contributed by atoms with van der Waals surface area (Å²) in [6, 6.07) is 4.08. The molecule has 1 amide bonds. The van der Waals surface area contributed by atoms with Gasteiger partial charge in [0.25, 0.3) is 0 Å². The zero-order valence-electron chi connectivity index (χ0n) is 11.8. The predicted molar refractivity (Wildman–Crippen MR) is 73.4 cm³/mol. The van der Waals surface area contributed by atoms with Gasteiger partial charge in [-0.1, -0.05) is 0 Å². The van der Waals surface area contributed by atoms with Crippen LogP contribution in [-0.2, 0) is 20.7 Å². The Morgan fingerprint density at radius 2 is 2.05 bits per heavy atom. The Hall–Kier alpha value is -2.11. The predicted octanol–water partition coefficient (Wildman–Crippen LogP) is 1.41. The molecule has 3 N–H and O–H groups in total. The summed E-state index contributed by atoms with van der Waals surface area (Å²) in [5.74, 6) is -1.27. The van der Waals surface area contributed by atoms with Gasteiger partial charge in [0.05, 0.1) is 13.0 Å². The van der Waals surface area contributed by atoms with Crippen LogP contribution >= 0.6 is 0 Å². The molecule has 0 saturated carbocycles. The number of nitrogens with one attached hydrogen (secondary N) is 1. The highest BCUT2D eigenvalue weighted by molar-refractivity contribution is 5.79. The molecular formula is C14H19FN2O3. The Morgan fingerprint density at radius 3 is 2.65 bits per heavy atom. The molecule has 5 nitrogen and oxygen atoms in total. The van der Waals surface area contributed by atoms with Crippen LogP contribution in [-0.4, -0.2) is 24.0 Å². The molecule has 1 aromatic carbocycles. The summed E-state index contributed by atoms with van der Waals surface area (Å²) < 4.78 is 18.5. The maximum atomic E-state index is 13.5. The second kappa shape index (κ2) is 6.36. The molecule has 0 spiro atoms. The van der Waals surface area contributed by atoms with Gasteiger partial charge in [0.2, 0.25) is 5.91 Å². The van der Waals surface area contributed by atoms with Crippen molar-refractivity contribution in [3.8, 4) is 0 Å². The van der Waals surface area contributed by atoms with E-state index in [1.807, 2.05) is 0 Å². The molecule has 20 heavy (non-hydrogen) atoms. The van der Waals surface area contributed by atoms with Crippen molar-refractivity contribution >= 4 is 17.6 Å². The quantitative estimate of drug-likeness (QED) is 0.632. The zero-order valence-corrected chi connectivity index (χ0v) is 11.8. The second-order valence-corrected chi connectivity index (χ2v) is 5.16. The normalized spacial score (nSPS) is 11.0. The largest absolute Gasteiger partial charge is 0.458 e. The van der Waals surface area contributed by atoms with E-state index < -0.39 is 17.4 Å². The van der Waals surface area contributed by atoms with E-state index in [-0.39, 0.29) is 24.4 Å². The van der Waals surface area contributed by atoms with Crippen LogP contribution < -0.4 is 11.1 Å². The van der Waals surface area contributed by atoms with Gasteiger partial charge in [-0.2, -0.15) is 0 Å². The molecular weight excluding hydrogens is 263 g/mol. The fourth-order valence-electron chi connectivity index (χ4n) is 1.70. The van der Waals surface area contributed by atoms with Gasteiger partial charge in [0, 0.05) is 12.6 Å². The minimum absolute atomic E-state index is 0.118. The van der Waals surface area contributed by atoms with Gasteiger partial charge >= 0.3 is 5.97 Å². The molecule has 6 heteroatoms. The van der Waals surface area contributed by atoms with E-state index in [1.165, 1.54) is 25.1 Å². The van der Waals surface area contributed by atoms with Crippen molar-refractivity contribution in [2.45, 2.75) is 32.8 Å². The van der Waals surface area contributed by atoms with E-state index >= 15 is 0 Å². The van der Waals surface area contributed by atoms with Crippen LogP contribution in [0.2, 0.25) is 0 Å². The first-order valence-corrected chi connectivity index (χ1v) is 6.20. The lowest BCUT2D eigenvalue weighted by molar-refractivity contribution is -0.153. The van der Waals surface area contributed by atoms with Crippen molar-refractivity contribution in [2.75, 3.05) is 12.3 Å². The molecule has 0 aliphatic heterocycles. The average molecular weight is 282 g/mol. The lowest BCUT2D eigenvalue weighted by atomic mass is 10.1. The zero-order chi connectivity index (χ0) is 15.3. The number of benzene rings is 1. The fraction of sp³-hybridized carbons (Fsp3) is 0.429. The number of anilines is 1. The summed E-state index contributed by atoms with van der Waals surface area (Å²) in [5, 5.41) is 2.60. The Morgan fingerprint density at radius 1 is 1.40 bits per heavy atom. The van der Waals surface area contributed by atoms with Crippen molar-refractivity contribution < 1.29 is 18.7 Å². The summed E-state index contributed by atoms with van der Waals surface area (Å²) in [6.07, 6.45) is -0.118. The molecule has 0 heterocycles. The van der Waals surface area contributed by atoms with Crippen LogP contribution in [0, 0.1) is 5.82 Å². The Kier molecular flexibility index (Phi) is 5.07. The van der Waals surface area contributed by atoms with Crippen LogP contribution in [0.4, 0.5) is 10.1 Å². The molecule has 0 aromatic heterocycles. The lowest BCUT2D eigenvalue weighted by Gasteiger charge is -2.24. The van der Waals surface area contributed by atoms with Gasteiger partial charge in [0.1, 0.15) is 11.4 Å². The fourth-order valence-corrected chi connectivity index (χ4v) is 1.70. The first kappa shape index (κ1) is 15.9. The van der Waals surface area contributed by atoms with Crippen LogP contribution in [0.25, 0.3) is 0 Å². The Bertz CT molecular complexity index is 515. The number of carbonyl (C=O) groups is 2. The molecule has 0 saturated heterocycles. The third-order valence-corrected chi connectivity index (χ3v) is 2.55. The van der Waals surface area contributed by atoms with E-state index in [0.717, 1.165) is 0 Å². The maximum Gasteiger partial charge on any atom is 0.303 e. The van der Waals surface area contributed by atoms with E-state index in [2.05, 4.69) is 5.32 Å². The third-order valence-electron chi connectivity index (χ3n) is 2.55. The minimum atomic E-state index is -0.810. The molecule has 0 radical (unpaired) electrons. The highest BCUT2D eigenvalue weighted by atomic mass is 19.1. The molecule has 0 aliphatic carbocycles. The number of nitrogens with two attached hydrogens (primary N) is 1. The summed E-state index contributed by atoms with van der Waals surface area (Å²) in [7, 11) is 0. The standard InChI is InChI=1S/C14H19FN2O3/c1-9(18)20-14(2,3)8-17-13(19)7-10-6-11(16)4-5-12(10)15/h4-6H,7-8,16H2,1-3H3,(H,17,19). The smallest absolute Gasteiger partial charge is 0.303 e. The maximum absolute atomic E-state index is 13.5. The van der Waals surface area contributed by atoms with Gasteiger partial charge in [-0.15, -0.1) is 0 Å². The summed E-state index contributed by atoms with van der Waals surface area (Å²) in [4.78, 5) is 22.6. The van der Waals surface area contributed by atoms with Crippen LogP contribution in [0.15, 0.2) is 18.2 Å². The second-order valence-electron chi connectivity index (χ2n) is 5.16. The number of hydrogen-bond donors (Lipinski definition) is 2. The van der Waals surface area contributed by atoms with E-state index in [0.29, 0.717) is 5.69 Å². The average Bonchev–Trinajstić information content (AvgIpc) is 2.30. The number of nitrogen functional groups attached to an aromatic ring is 1. The molecule has 0 atom stereocenters. The first-order valence-electron chi connectivity index (χ1n) is 6.20. The van der Waals surface area contributed by atoms with Crippen molar-refractivity contribution in [3.63, 3.8) is 0 Å². The molecule has 0 unspecified atom stereocenters. The number of carbonyl (C=O) groups excluding carboxylic acids is 2. The molecule has 110 valence electrons. The van der Waals surface area contributed by atoms with Gasteiger partial charge in [-0.25, -0.2) is 4.39 Å². The van der Waals surface area contributed by atoms with Gasteiger partial charge < -0.3 is 15.8 Å². The van der Waals surface area contributed by atoms with Crippen molar-refractivity contribution in [3.05, 3.63) is 29.6 Å². The van der Waals surface area contributed by atoms with E-state index in [1.54, 1.807) is 13.8 Å². The topological polar surface area (TPSA) is 81.4 Å². The van der Waals surface area contributed by atoms with Crippen molar-refractivity contribution in [2.24, 2.45) is 0 Å². The van der Waals surface area contributed by atoms with Crippen LogP contribution in [0.3, 0.4) is 0 Å². The Balaban J connectivity index is 2.56. The third kappa shape index (κ3) is 5.26. The molecule has 0 fully saturated rings.